The fourth-order valence-corrected chi connectivity index (χ4v) is 2.61. The molecule has 1 saturated heterocycles. The summed E-state index contributed by atoms with van der Waals surface area (Å²) >= 11 is 7.37. The number of thioether (sulfide) groups is 1. The van der Waals surface area contributed by atoms with Crippen LogP contribution in [0.2, 0.25) is 5.02 Å². The Hall–Kier alpha value is -0.710. The molecule has 92 valence electrons. The fourth-order valence-electron chi connectivity index (χ4n) is 1.68. The van der Waals surface area contributed by atoms with Gasteiger partial charge in [0.25, 0.3) is 0 Å². The van der Waals surface area contributed by atoms with Crippen molar-refractivity contribution in [3.05, 3.63) is 29.3 Å². The predicted octanol–water partition coefficient (Wildman–Crippen LogP) is 1.86. The zero-order valence-electron chi connectivity index (χ0n) is 9.49. The maximum atomic E-state index is 11.9. The van der Waals surface area contributed by atoms with Gasteiger partial charge in [0.05, 0.1) is 5.75 Å². The molecule has 0 saturated carbocycles. The van der Waals surface area contributed by atoms with Gasteiger partial charge in [-0.3, -0.25) is 4.79 Å². The van der Waals surface area contributed by atoms with E-state index >= 15 is 0 Å². The van der Waals surface area contributed by atoms with Crippen molar-refractivity contribution < 1.29 is 4.79 Å². The predicted molar refractivity (Wildman–Crippen MR) is 71.6 cm³/mol. The Bertz CT molecular complexity index is 377. The van der Waals surface area contributed by atoms with Gasteiger partial charge in [-0.2, -0.15) is 0 Å². The van der Waals surface area contributed by atoms with Crippen LogP contribution in [0.25, 0.3) is 0 Å². The summed E-state index contributed by atoms with van der Waals surface area (Å²) < 4.78 is 0. The number of rotatable bonds is 3. The van der Waals surface area contributed by atoms with Gasteiger partial charge in [-0.05, 0) is 24.3 Å². The first-order valence-electron chi connectivity index (χ1n) is 5.62. The van der Waals surface area contributed by atoms with Gasteiger partial charge in [0.1, 0.15) is 0 Å². The minimum absolute atomic E-state index is 0.214. The van der Waals surface area contributed by atoms with Gasteiger partial charge in [-0.25, -0.2) is 0 Å². The van der Waals surface area contributed by atoms with E-state index < -0.39 is 0 Å². The molecule has 1 heterocycles. The Morgan fingerprint density at radius 1 is 1.29 bits per heavy atom. The van der Waals surface area contributed by atoms with E-state index in [9.17, 15) is 4.79 Å². The van der Waals surface area contributed by atoms with E-state index in [1.165, 1.54) is 0 Å². The molecule has 1 aromatic rings. The van der Waals surface area contributed by atoms with Crippen molar-refractivity contribution in [3.63, 3.8) is 0 Å². The van der Waals surface area contributed by atoms with Crippen LogP contribution in [0.3, 0.4) is 0 Å². The van der Waals surface area contributed by atoms with Crippen LogP contribution in [0, 0.1) is 0 Å². The van der Waals surface area contributed by atoms with Crippen molar-refractivity contribution in [1.29, 1.82) is 0 Å². The van der Waals surface area contributed by atoms with Gasteiger partial charge >= 0.3 is 0 Å². The highest BCUT2D eigenvalue weighted by Crippen LogP contribution is 2.20. The van der Waals surface area contributed by atoms with Crippen molar-refractivity contribution in [1.82, 2.24) is 10.2 Å². The summed E-state index contributed by atoms with van der Waals surface area (Å²) in [5.74, 6) is 0.716. The number of amides is 1. The number of halogens is 1. The lowest BCUT2D eigenvalue weighted by molar-refractivity contribution is -0.128. The molecule has 0 radical (unpaired) electrons. The van der Waals surface area contributed by atoms with E-state index in [1.807, 2.05) is 29.2 Å². The second-order valence-electron chi connectivity index (χ2n) is 3.87. The first-order chi connectivity index (χ1) is 8.25. The molecular weight excluding hydrogens is 256 g/mol. The number of carbonyl (C=O) groups excluding carboxylic acids is 1. The van der Waals surface area contributed by atoms with Gasteiger partial charge in [0.2, 0.25) is 5.91 Å². The molecule has 0 atom stereocenters. The molecule has 2 rings (SSSR count). The summed E-state index contributed by atoms with van der Waals surface area (Å²) in [5.41, 5.74) is 0. The molecule has 0 bridgehead atoms. The standard InChI is InChI=1S/C12H15ClN2OS/c13-10-1-3-11(4-2-10)17-9-12(16)15-7-5-14-6-8-15/h1-4,14H,5-9H2. The van der Waals surface area contributed by atoms with Crippen molar-refractivity contribution in [2.75, 3.05) is 31.9 Å². The molecule has 0 aliphatic carbocycles. The molecule has 0 aromatic heterocycles. The van der Waals surface area contributed by atoms with Gasteiger partial charge < -0.3 is 10.2 Å². The maximum Gasteiger partial charge on any atom is 0.233 e. The minimum Gasteiger partial charge on any atom is -0.339 e. The van der Waals surface area contributed by atoms with Crippen LogP contribution < -0.4 is 5.32 Å². The zero-order valence-corrected chi connectivity index (χ0v) is 11.1. The molecule has 1 N–H and O–H groups in total. The first-order valence-corrected chi connectivity index (χ1v) is 6.99. The third kappa shape index (κ3) is 3.91. The lowest BCUT2D eigenvalue weighted by Gasteiger charge is -2.27. The van der Waals surface area contributed by atoms with Crippen molar-refractivity contribution in [3.8, 4) is 0 Å². The van der Waals surface area contributed by atoms with E-state index in [1.54, 1.807) is 11.8 Å². The molecule has 1 aromatic carbocycles. The number of carbonyl (C=O) groups is 1. The SMILES string of the molecule is O=C(CSc1ccc(Cl)cc1)N1CCNCC1. The molecule has 1 aliphatic rings. The van der Waals surface area contributed by atoms with Gasteiger partial charge in [-0.15, -0.1) is 11.8 Å². The molecule has 3 nitrogen and oxygen atoms in total. The smallest absolute Gasteiger partial charge is 0.233 e. The molecule has 1 amide bonds. The van der Waals surface area contributed by atoms with Crippen LogP contribution in [-0.2, 0) is 4.79 Å². The summed E-state index contributed by atoms with van der Waals surface area (Å²) in [5, 5.41) is 3.96. The lowest BCUT2D eigenvalue weighted by Crippen LogP contribution is -2.47. The third-order valence-corrected chi connectivity index (χ3v) is 3.89. The molecule has 1 fully saturated rings. The van der Waals surface area contributed by atoms with Gasteiger partial charge in [0.15, 0.2) is 0 Å². The molecule has 17 heavy (non-hydrogen) atoms. The Balaban J connectivity index is 1.81. The fraction of sp³-hybridized carbons (Fsp3) is 0.417. The van der Waals surface area contributed by atoms with Crippen LogP contribution in [0.1, 0.15) is 0 Å². The van der Waals surface area contributed by atoms with Gasteiger partial charge in [0, 0.05) is 36.1 Å². The van der Waals surface area contributed by atoms with Crippen molar-refractivity contribution >= 4 is 29.3 Å². The van der Waals surface area contributed by atoms with Crippen molar-refractivity contribution in [2.24, 2.45) is 0 Å². The highest BCUT2D eigenvalue weighted by atomic mass is 35.5. The lowest BCUT2D eigenvalue weighted by atomic mass is 10.3. The Kier molecular flexibility index (Phi) is 4.71. The summed E-state index contributed by atoms with van der Waals surface area (Å²) in [6.07, 6.45) is 0. The largest absolute Gasteiger partial charge is 0.339 e. The normalized spacial score (nSPS) is 15.9. The first kappa shape index (κ1) is 12.7. The highest BCUT2D eigenvalue weighted by Gasteiger charge is 2.15. The van der Waals surface area contributed by atoms with Crippen molar-refractivity contribution in [2.45, 2.75) is 4.90 Å². The number of benzene rings is 1. The third-order valence-electron chi connectivity index (χ3n) is 2.65. The molecular formula is C12H15ClN2OS. The van der Waals surface area contributed by atoms with Gasteiger partial charge in [-0.1, -0.05) is 11.6 Å². The summed E-state index contributed by atoms with van der Waals surface area (Å²) in [6, 6.07) is 7.58. The second kappa shape index (κ2) is 6.28. The zero-order chi connectivity index (χ0) is 12.1. The quantitative estimate of drug-likeness (QED) is 0.851. The average molecular weight is 271 g/mol. The maximum absolute atomic E-state index is 11.9. The summed E-state index contributed by atoms with van der Waals surface area (Å²) in [7, 11) is 0. The van der Waals surface area contributed by atoms with Crippen LogP contribution in [-0.4, -0.2) is 42.7 Å². The Morgan fingerprint density at radius 3 is 2.59 bits per heavy atom. The number of piperazine rings is 1. The average Bonchev–Trinajstić information content (AvgIpc) is 2.39. The molecule has 1 aliphatic heterocycles. The van der Waals surface area contributed by atoms with E-state index in [0.29, 0.717) is 5.75 Å². The van der Waals surface area contributed by atoms with Crippen LogP contribution in [0.4, 0.5) is 0 Å². The Labute approximate surface area is 111 Å². The number of nitrogens with one attached hydrogen (secondary N) is 1. The van der Waals surface area contributed by atoms with E-state index in [2.05, 4.69) is 5.32 Å². The summed E-state index contributed by atoms with van der Waals surface area (Å²) in [4.78, 5) is 14.9. The van der Waals surface area contributed by atoms with E-state index in [0.717, 1.165) is 36.1 Å². The Morgan fingerprint density at radius 2 is 1.94 bits per heavy atom. The molecule has 0 unspecified atom stereocenters. The summed E-state index contributed by atoms with van der Waals surface area (Å²) in [6.45, 7) is 3.44. The molecule has 5 heteroatoms. The second-order valence-corrected chi connectivity index (χ2v) is 5.36. The topological polar surface area (TPSA) is 32.3 Å². The number of hydrogen-bond donors (Lipinski definition) is 1. The monoisotopic (exact) mass is 270 g/mol. The number of nitrogens with zero attached hydrogens (tertiary/aromatic N) is 1. The minimum atomic E-state index is 0.214. The molecule has 0 spiro atoms. The highest BCUT2D eigenvalue weighted by molar-refractivity contribution is 8.00. The van der Waals surface area contributed by atoms with Crippen LogP contribution >= 0.6 is 23.4 Å². The number of hydrogen-bond acceptors (Lipinski definition) is 3. The van der Waals surface area contributed by atoms with E-state index in [4.69, 9.17) is 11.6 Å². The van der Waals surface area contributed by atoms with E-state index in [-0.39, 0.29) is 5.91 Å². The van der Waals surface area contributed by atoms with Crippen LogP contribution in [0.15, 0.2) is 29.2 Å². The van der Waals surface area contributed by atoms with Crippen LogP contribution in [0.5, 0.6) is 0 Å².